The second-order valence-electron chi connectivity index (χ2n) is 5.01. The fraction of sp³-hybridized carbons (Fsp3) is 0.429. The van der Waals surface area contributed by atoms with Crippen LogP contribution >= 0.6 is 11.6 Å². The second-order valence-corrected chi connectivity index (χ2v) is 5.39. The van der Waals surface area contributed by atoms with Gasteiger partial charge in [-0.3, -0.25) is 0 Å². The van der Waals surface area contributed by atoms with E-state index in [0.29, 0.717) is 4.90 Å². The molecule has 0 aliphatic carbocycles. The summed E-state index contributed by atoms with van der Waals surface area (Å²) in [5, 5.41) is -0.629. The molecule has 0 radical (unpaired) electrons. The summed E-state index contributed by atoms with van der Waals surface area (Å²) in [5.41, 5.74) is -4.37. The van der Waals surface area contributed by atoms with Gasteiger partial charge in [0.05, 0.1) is 15.1 Å². The predicted octanol–water partition coefficient (Wildman–Crippen LogP) is 5.10. The van der Waals surface area contributed by atoms with Gasteiger partial charge in [0.2, 0.25) is 0 Å². The van der Waals surface area contributed by atoms with Crippen molar-refractivity contribution in [3.05, 3.63) is 70.5 Å². The molecule has 0 N–H and O–H groups in total. The second kappa shape index (κ2) is 7.69. The van der Waals surface area contributed by atoms with Gasteiger partial charge < -0.3 is 9.64 Å². The molecule has 0 unspecified atom stereocenters. The summed E-state index contributed by atoms with van der Waals surface area (Å²) in [5.74, 6) is 0. The number of rotatable bonds is 6. The molecule has 2 aromatic rings. The van der Waals surface area contributed by atoms with Crippen LogP contribution in [0.2, 0.25) is 5.02 Å². The number of ether oxygens (including phenoxy) is 1. The molecule has 128 valence electrons. The molecular weight excluding hydrogens is 318 g/mol. The van der Waals surface area contributed by atoms with Crippen LogP contribution in [0.5, 0.6) is 0 Å². The standard InChI is InChI=1S/C21H26ClNO/c1-21(17-7-4-3-5-8-17,18-10-12-19(22)13-11-18)24-16-14-20-9-6-15-23(20)2/h3-5,7-8,10-13,20H,6,9,14-16H2,1-2H3/t20-,21-/m1/s1/i3D,4D,5D,6D2,7D,8D,9D2,10D,11D,12D,13D,15D2,16D2,20D. The summed E-state index contributed by atoms with van der Waals surface area (Å²) in [6, 6.07) is -11.0. The van der Waals surface area contributed by atoms with E-state index < -0.39 is 114 Å². The molecule has 1 saturated heterocycles. The van der Waals surface area contributed by atoms with Crippen molar-refractivity contribution in [1.82, 2.24) is 4.90 Å². The van der Waals surface area contributed by atoms with E-state index in [2.05, 4.69) is 0 Å². The van der Waals surface area contributed by atoms with Crippen LogP contribution in [0, 0.1) is 0 Å². The van der Waals surface area contributed by atoms with Gasteiger partial charge in [-0.1, -0.05) is 53.9 Å². The van der Waals surface area contributed by atoms with Crippen molar-refractivity contribution in [1.29, 1.82) is 0 Å². The third kappa shape index (κ3) is 3.83. The van der Waals surface area contributed by atoms with Crippen LogP contribution in [0.15, 0.2) is 54.4 Å². The molecule has 0 spiro atoms. The van der Waals surface area contributed by atoms with Gasteiger partial charge >= 0.3 is 0 Å². The lowest BCUT2D eigenvalue weighted by molar-refractivity contribution is -0.0117. The van der Waals surface area contributed by atoms with Gasteiger partial charge in [0.1, 0.15) is 5.60 Å². The van der Waals surface area contributed by atoms with Crippen molar-refractivity contribution in [2.45, 2.75) is 37.7 Å². The Kier molecular flexibility index (Phi) is 1.87. The number of halogens is 1. The number of hydrogen-bond donors (Lipinski definition) is 0. The molecule has 3 rings (SSSR count). The van der Waals surface area contributed by atoms with Crippen molar-refractivity contribution in [3.8, 4) is 0 Å². The quantitative estimate of drug-likeness (QED) is 0.709. The molecule has 0 aromatic heterocycles. The highest BCUT2D eigenvalue weighted by atomic mass is 35.5. The molecule has 1 aliphatic rings. The number of benzene rings is 2. The van der Waals surface area contributed by atoms with Crippen LogP contribution in [0.25, 0.3) is 0 Å². The fourth-order valence-electron chi connectivity index (χ4n) is 2.00. The molecule has 0 bridgehead atoms. The third-order valence-electron chi connectivity index (χ3n) is 3.40. The van der Waals surface area contributed by atoms with Gasteiger partial charge in [-0.05, 0) is 62.8 Å². The van der Waals surface area contributed by atoms with E-state index in [4.69, 9.17) is 41.0 Å². The van der Waals surface area contributed by atoms with E-state index in [1.54, 1.807) is 0 Å². The molecule has 0 saturated carbocycles. The van der Waals surface area contributed by atoms with E-state index in [-0.39, 0.29) is 0 Å². The first-order valence-electron chi connectivity index (χ1n) is 15.9. The molecule has 2 nitrogen and oxygen atoms in total. The SMILES string of the molecule is [2H]c1c([2H])c([2H])c([C@@](C)(OC([2H])([2H])C[C@]2([2H])N(C)C([2H])([2H])C([2H])([2H])C2([2H])[2H])c2c([2H])c([2H])c(Cl)c([2H])c2[2H])c([2H])c1[2H]. The van der Waals surface area contributed by atoms with E-state index in [0.717, 1.165) is 14.0 Å². The first-order valence-corrected chi connectivity index (χ1v) is 7.33. The summed E-state index contributed by atoms with van der Waals surface area (Å²) in [4.78, 5) is 0.362. The Balaban J connectivity index is 2.39. The van der Waals surface area contributed by atoms with E-state index >= 15 is 0 Å². The average Bonchev–Trinajstić information content (AvgIpc) is 2.92. The Morgan fingerprint density at radius 2 is 1.96 bits per heavy atom. The van der Waals surface area contributed by atoms with Crippen LogP contribution in [0.4, 0.5) is 0 Å². The lowest BCUT2D eigenvalue weighted by Crippen LogP contribution is -2.31. The van der Waals surface area contributed by atoms with Crippen LogP contribution in [-0.2, 0) is 10.3 Å². The molecule has 1 aliphatic heterocycles. The van der Waals surface area contributed by atoms with Gasteiger partial charge in [-0.15, -0.1) is 0 Å². The normalized spacial score (nSPS) is 41.6. The maximum Gasteiger partial charge on any atom is 0.115 e. The molecule has 2 aromatic carbocycles. The molecule has 24 heavy (non-hydrogen) atoms. The Bertz CT molecular complexity index is 1330. The van der Waals surface area contributed by atoms with Gasteiger partial charge in [-0.25, -0.2) is 0 Å². The summed E-state index contributed by atoms with van der Waals surface area (Å²) in [6.07, 6.45) is -8.12. The van der Waals surface area contributed by atoms with Gasteiger partial charge in [0, 0.05) is 27.2 Å². The third-order valence-corrected chi connectivity index (χ3v) is 3.59. The number of likely N-dealkylation sites (tertiary alicyclic amines) is 1. The minimum Gasteiger partial charge on any atom is -0.366 e. The Morgan fingerprint density at radius 3 is 2.58 bits per heavy atom. The summed E-state index contributed by atoms with van der Waals surface area (Å²) in [7, 11) is 0.877. The zero-order valence-electron chi connectivity index (χ0n) is 30.9. The van der Waals surface area contributed by atoms with Gasteiger partial charge in [0.15, 0.2) is 0 Å². The maximum atomic E-state index is 8.78. The van der Waals surface area contributed by atoms with Crippen molar-refractivity contribution in [3.63, 3.8) is 0 Å². The molecule has 0 amide bonds. The highest BCUT2D eigenvalue weighted by molar-refractivity contribution is 6.30. The topological polar surface area (TPSA) is 12.5 Å². The van der Waals surface area contributed by atoms with Crippen LogP contribution in [0.3, 0.4) is 0 Å². The predicted molar refractivity (Wildman–Crippen MR) is 101 cm³/mol. The van der Waals surface area contributed by atoms with Crippen LogP contribution in [-0.4, -0.2) is 31.0 Å². The smallest absolute Gasteiger partial charge is 0.115 e. The molecule has 2 atom stereocenters. The first kappa shape index (κ1) is 5.84. The van der Waals surface area contributed by atoms with E-state index in [9.17, 15) is 0 Å². The van der Waals surface area contributed by atoms with Crippen LogP contribution < -0.4 is 0 Å². The highest BCUT2D eigenvalue weighted by Crippen LogP contribution is 2.34. The highest BCUT2D eigenvalue weighted by Gasteiger charge is 2.30. The maximum absolute atomic E-state index is 8.78. The fourth-order valence-corrected chi connectivity index (χ4v) is 2.09. The van der Waals surface area contributed by atoms with E-state index in [1.807, 2.05) is 0 Å². The Morgan fingerprint density at radius 1 is 1.29 bits per heavy atom. The summed E-state index contributed by atoms with van der Waals surface area (Å²) >= 11 is 5.92. The zero-order chi connectivity index (χ0) is 32.9. The molecular formula is C21H26ClNO. The van der Waals surface area contributed by atoms with Crippen LogP contribution in [0.1, 0.15) is 61.9 Å². The summed E-state index contributed by atoms with van der Waals surface area (Å²) < 4.78 is 155. The monoisotopic (exact) mass is 361 g/mol. The number of hydrogen-bond acceptors (Lipinski definition) is 2. The van der Waals surface area contributed by atoms with Crippen molar-refractivity contribution in [2.75, 3.05) is 20.1 Å². The lowest BCUT2D eigenvalue weighted by Gasteiger charge is -2.32. The van der Waals surface area contributed by atoms with Crippen molar-refractivity contribution >= 4 is 11.6 Å². The molecule has 1 fully saturated rings. The van der Waals surface area contributed by atoms with Gasteiger partial charge in [-0.2, -0.15) is 0 Å². The van der Waals surface area contributed by atoms with Crippen molar-refractivity contribution in [2.24, 2.45) is 0 Å². The van der Waals surface area contributed by atoms with E-state index in [1.165, 1.54) is 0 Å². The number of nitrogens with zero attached hydrogens (tertiary/aromatic N) is 1. The first-order chi connectivity index (χ1) is 18.7. The van der Waals surface area contributed by atoms with Crippen molar-refractivity contribution < 1.29 is 29.4 Å². The molecule has 3 heteroatoms. The Labute approximate surface area is 175 Å². The lowest BCUT2D eigenvalue weighted by atomic mass is 9.88. The minimum absolute atomic E-state index is 0.362. The minimum atomic E-state index is -3.37. The Hall–Kier alpha value is -1.35. The zero-order valence-corrected chi connectivity index (χ0v) is 13.7. The van der Waals surface area contributed by atoms with Gasteiger partial charge in [0.25, 0.3) is 0 Å². The molecule has 1 heterocycles. The average molecular weight is 362 g/mol. The largest absolute Gasteiger partial charge is 0.366 e. The summed E-state index contributed by atoms with van der Waals surface area (Å²) in [6.45, 7) is -5.52.